The molecule has 9 heteroatoms. The number of aromatic nitrogens is 1. The summed E-state index contributed by atoms with van der Waals surface area (Å²) in [6, 6.07) is 16.2. The highest BCUT2D eigenvalue weighted by Gasteiger charge is 2.30. The third kappa shape index (κ3) is 4.92. The quantitative estimate of drug-likeness (QED) is 0.339. The van der Waals surface area contributed by atoms with Gasteiger partial charge in [-0.05, 0) is 42.8 Å². The number of hydrogen-bond donors (Lipinski definition) is 1. The van der Waals surface area contributed by atoms with E-state index in [-0.39, 0.29) is 0 Å². The standard InChI is InChI=1S/C24H18F3NO5/c1-2-20(23(29)30)32-17-5-3-4-16(12-17)31-18-10-11-19-21(13-18)33-28-22(19)14-6-8-15(9-7-14)24(25,26)27/h3-13,20H,2H2,1H3,(H,29,30). The number of carboxylic acids is 1. The first kappa shape index (κ1) is 22.2. The smallest absolute Gasteiger partial charge is 0.416 e. The number of hydrogen-bond acceptors (Lipinski definition) is 5. The second-order valence-corrected chi connectivity index (χ2v) is 7.19. The summed E-state index contributed by atoms with van der Waals surface area (Å²) in [6.07, 6.45) is -5.07. The van der Waals surface area contributed by atoms with Crippen LogP contribution in [-0.4, -0.2) is 22.3 Å². The van der Waals surface area contributed by atoms with E-state index in [4.69, 9.17) is 19.1 Å². The number of carboxylic acid groups (broad SMARTS) is 1. The van der Waals surface area contributed by atoms with Crippen LogP contribution in [0.2, 0.25) is 0 Å². The van der Waals surface area contributed by atoms with Gasteiger partial charge in [-0.15, -0.1) is 0 Å². The van der Waals surface area contributed by atoms with E-state index in [1.54, 1.807) is 49.4 Å². The van der Waals surface area contributed by atoms with Crippen molar-refractivity contribution in [2.45, 2.75) is 25.6 Å². The lowest BCUT2D eigenvalue weighted by Gasteiger charge is -2.14. The van der Waals surface area contributed by atoms with E-state index >= 15 is 0 Å². The van der Waals surface area contributed by atoms with E-state index in [9.17, 15) is 18.0 Å². The van der Waals surface area contributed by atoms with Crippen LogP contribution in [0.1, 0.15) is 18.9 Å². The lowest BCUT2D eigenvalue weighted by atomic mass is 10.1. The third-order valence-electron chi connectivity index (χ3n) is 4.89. The Morgan fingerprint density at radius 1 is 1.03 bits per heavy atom. The Labute approximate surface area is 186 Å². The molecule has 0 amide bonds. The molecular weight excluding hydrogens is 439 g/mol. The maximum atomic E-state index is 12.8. The Kier molecular flexibility index (Phi) is 5.95. The topological polar surface area (TPSA) is 81.8 Å². The highest BCUT2D eigenvalue weighted by molar-refractivity contribution is 5.92. The van der Waals surface area contributed by atoms with Crippen LogP contribution in [0, 0.1) is 0 Å². The molecule has 0 aliphatic rings. The van der Waals surface area contributed by atoms with Crippen LogP contribution < -0.4 is 9.47 Å². The Morgan fingerprint density at radius 3 is 2.39 bits per heavy atom. The van der Waals surface area contributed by atoms with Crippen LogP contribution in [0.4, 0.5) is 13.2 Å². The Hall–Kier alpha value is -4.01. The largest absolute Gasteiger partial charge is 0.479 e. The summed E-state index contributed by atoms with van der Waals surface area (Å²) >= 11 is 0. The molecule has 1 aromatic heterocycles. The van der Waals surface area contributed by atoms with Gasteiger partial charge in [0.05, 0.1) is 5.56 Å². The molecular formula is C24H18F3NO5. The molecule has 3 aromatic carbocycles. The van der Waals surface area contributed by atoms with E-state index < -0.39 is 23.8 Å². The number of nitrogens with zero attached hydrogens (tertiary/aromatic N) is 1. The number of fused-ring (bicyclic) bond motifs is 1. The maximum Gasteiger partial charge on any atom is 0.416 e. The van der Waals surface area contributed by atoms with Crippen molar-refractivity contribution in [3.8, 4) is 28.5 Å². The Morgan fingerprint density at radius 2 is 1.73 bits per heavy atom. The molecule has 0 aliphatic heterocycles. The first-order chi connectivity index (χ1) is 15.7. The molecule has 1 atom stereocenters. The van der Waals surface area contributed by atoms with Gasteiger partial charge in [0, 0.05) is 23.1 Å². The monoisotopic (exact) mass is 457 g/mol. The first-order valence-corrected chi connectivity index (χ1v) is 9.99. The molecule has 1 unspecified atom stereocenters. The van der Waals surface area contributed by atoms with Gasteiger partial charge in [0.15, 0.2) is 11.7 Å². The molecule has 0 fully saturated rings. The SMILES string of the molecule is CCC(Oc1cccc(Oc2ccc3c(-c4ccc(C(F)(F)F)cc4)noc3c2)c1)C(=O)O. The molecule has 0 spiro atoms. The molecule has 1 heterocycles. The summed E-state index contributed by atoms with van der Waals surface area (Å²) < 4.78 is 55.1. The van der Waals surface area contributed by atoms with Gasteiger partial charge < -0.3 is 19.1 Å². The fourth-order valence-corrected chi connectivity index (χ4v) is 3.23. The van der Waals surface area contributed by atoms with Gasteiger partial charge >= 0.3 is 12.1 Å². The Balaban J connectivity index is 1.54. The zero-order chi connectivity index (χ0) is 23.6. The van der Waals surface area contributed by atoms with E-state index in [0.29, 0.717) is 45.9 Å². The number of alkyl halides is 3. The van der Waals surface area contributed by atoms with Crippen LogP contribution in [0.25, 0.3) is 22.2 Å². The van der Waals surface area contributed by atoms with Gasteiger partial charge in [-0.25, -0.2) is 4.79 Å². The average molecular weight is 457 g/mol. The number of carbonyl (C=O) groups is 1. The lowest BCUT2D eigenvalue weighted by Crippen LogP contribution is -2.25. The molecule has 0 saturated heterocycles. The minimum absolute atomic E-state index is 0.309. The Bertz CT molecular complexity index is 1280. The molecule has 4 aromatic rings. The van der Waals surface area contributed by atoms with Crippen LogP contribution in [-0.2, 0) is 11.0 Å². The van der Waals surface area contributed by atoms with Crippen molar-refractivity contribution < 1.29 is 37.1 Å². The molecule has 0 bridgehead atoms. The predicted octanol–water partition coefficient (Wildman–Crippen LogP) is 6.55. The summed E-state index contributed by atoms with van der Waals surface area (Å²) in [6.45, 7) is 1.71. The minimum atomic E-state index is -4.41. The highest BCUT2D eigenvalue weighted by atomic mass is 19.4. The third-order valence-corrected chi connectivity index (χ3v) is 4.89. The molecule has 0 saturated carbocycles. The zero-order valence-corrected chi connectivity index (χ0v) is 17.3. The summed E-state index contributed by atoms with van der Waals surface area (Å²) in [5.41, 5.74) is 0.561. The predicted molar refractivity (Wildman–Crippen MR) is 113 cm³/mol. The van der Waals surface area contributed by atoms with Crippen molar-refractivity contribution in [1.82, 2.24) is 5.16 Å². The minimum Gasteiger partial charge on any atom is -0.479 e. The summed E-state index contributed by atoms with van der Waals surface area (Å²) in [5.74, 6) is 0.158. The number of benzene rings is 3. The van der Waals surface area contributed by atoms with Gasteiger partial charge in [0.1, 0.15) is 22.9 Å². The van der Waals surface area contributed by atoms with Gasteiger partial charge in [0.25, 0.3) is 0 Å². The van der Waals surface area contributed by atoms with Crippen LogP contribution in [0.5, 0.6) is 17.2 Å². The number of ether oxygens (including phenoxy) is 2. The lowest BCUT2D eigenvalue weighted by molar-refractivity contribution is -0.145. The number of halogens is 3. The van der Waals surface area contributed by atoms with E-state index in [0.717, 1.165) is 12.1 Å². The second-order valence-electron chi connectivity index (χ2n) is 7.19. The van der Waals surface area contributed by atoms with Crippen molar-refractivity contribution in [3.63, 3.8) is 0 Å². The first-order valence-electron chi connectivity index (χ1n) is 9.99. The average Bonchev–Trinajstić information content (AvgIpc) is 3.20. The van der Waals surface area contributed by atoms with E-state index in [1.165, 1.54) is 12.1 Å². The van der Waals surface area contributed by atoms with Crippen LogP contribution in [0.15, 0.2) is 71.3 Å². The van der Waals surface area contributed by atoms with Crippen molar-refractivity contribution in [2.24, 2.45) is 0 Å². The second kappa shape index (κ2) is 8.85. The summed E-state index contributed by atoms with van der Waals surface area (Å²) in [4.78, 5) is 11.2. The van der Waals surface area contributed by atoms with Gasteiger partial charge in [-0.2, -0.15) is 13.2 Å². The molecule has 0 aliphatic carbocycles. The van der Waals surface area contributed by atoms with Gasteiger partial charge in [-0.1, -0.05) is 30.3 Å². The fourth-order valence-electron chi connectivity index (χ4n) is 3.23. The van der Waals surface area contributed by atoms with Crippen LogP contribution >= 0.6 is 0 Å². The van der Waals surface area contributed by atoms with Gasteiger partial charge in [-0.3, -0.25) is 0 Å². The molecule has 6 nitrogen and oxygen atoms in total. The van der Waals surface area contributed by atoms with E-state index in [2.05, 4.69) is 5.16 Å². The van der Waals surface area contributed by atoms with Crippen LogP contribution in [0.3, 0.4) is 0 Å². The molecule has 1 N–H and O–H groups in total. The molecule has 33 heavy (non-hydrogen) atoms. The van der Waals surface area contributed by atoms with Crippen molar-refractivity contribution >= 4 is 16.9 Å². The molecule has 170 valence electrons. The van der Waals surface area contributed by atoms with Gasteiger partial charge in [0.2, 0.25) is 0 Å². The van der Waals surface area contributed by atoms with Crippen molar-refractivity contribution in [1.29, 1.82) is 0 Å². The number of rotatable bonds is 7. The normalized spacial score (nSPS) is 12.5. The fraction of sp³-hybridized carbons (Fsp3) is 0.167. The highest BCUT2D eigenvalue weighted by Crippen LogP contribution is 2.35. The number of aliphatic carboxylic acids is 1. The maximum absolute atomic E-state index is 12.8. The molecule has 4 rings (SSSR count). The summed E-state index contributed by atoms with van der Waals surface area (Å²) in [7, 11) is 0. The van der Waals surface area contributed by atoms with Crippen molar-refractivity contribution in [2.75, 3.05) is 0 Å². The zero-order valence-electron chi connectivity index (χ0n) is 17.3. The molecule has 0 radical (unpaired) electrons. The van der Waals surface area contributed by atoms with E-state index in [1.807, 2.05) is 0 Å². The van der Waals surface area contributed by atoms with Crippen molar-refractivity contribution in [3.05, 3.63) is 72.3 Å². The summed E-state index contributed by atoms with van der Waals surface area (Å²) in [5, 5.41) is 13.8.